The van der Waals surface area contributed by atoms with Gasteiger partial charge in [-0.1, -0.05) is 45.1 Å². The van der Waals surface area contributed by atoms with Crippen LogP contribution < -0.4 is 4.90 Å². The van der Waals surface area contributed by atoms with Crippen LogP contribution in [0, 0.1) is 6.92 Å². The van der Waals surface area contributed by atoms with E-state index < -0.39 is 0 Å². The highest BCUT2D eigenvalue weighted by Gasteiger charge is 2.12. The zero-order valence-corrected chi connectivity index (χ0v) is 14.4. The first-order valence-corrected chi connectivity index (χ1v) is 8.72. The second kappa shape index (κ2) is 9.70. The van der Waals surface area contributed by atoms with Gasteiger partial charge in [0, 0.05) is 13.1 Å². The van der Waals surface area contributed by atoms with Crippen molar-refractivity contribution in [3.05, 3.63) is 23.3 Å². The largest absolute Gasteiger partial charge is 0.505 e. The van der Waals surface area contributed by atoms with Crippen molar-refractivity contribution in [1.82, 2.24) is 0 Å². The number of unbranched alkanes of at least 4 members (excludes halogenated alkanes) is 5. The monoisotopic (exact) mass is 291 g/mol. The molecule has 120 valence electrons. The van der Waals surface area contributed by atoms with Gasteiger partial charge in [0.2, 0.25) is 0 Å². The number of phenolic OH excluding ortho intramolecular Hbond substituents is 1. The van der Waals surface area contributed by atoms with Crippen molar-refractivity contribution < 1.29 is 5.11 Å². The van der Waals surface area contributed by atoms with Gasteiger partial charge in [0.25, 0.3) is 0 Å². The van der Waals surface area contributed by atoms with Crippen molar-refractivity contribution in [3.63, 3.8) is 0 Å². The van der Waals surface area contributed by atoms with Gasteiger partial charge < -0.3 is 10.0 Å². The van der Waals surface area contributed by atoms with Crippen LogP contribution in [-0.2, 0) is 6.42 Å². The maximum absolute atomic E-state index is 10.4. The number of hydrogen-bond donors (Lipinski definition) is 1. The lowest BCUT2D eigenvalue weighted by molar-refractivity contribution is 0.468. The lowest BCUT2D eigenvalue weighted by Gasteiger charge is -2.23. The van der Waals surface area contributed by atoms with Gasteiger partial charge in [0.15, 0.2) is 0 Å². The highest BCUT2D eigenvalue weighted by Crippen LogP contribution is 2.33. The summed E-state index contributed by atoms with van der Waals surface area (Å²) in [5.41, 5.74) is 3.34. The number of rotatable bonds is 10. The summed E-state index contributed by atoms with van der Waals surface area (Å²) >= 11 is 0. The number of benzene rings is 1. The second-order valence-electron chi connectivity index (χ2n) is 5.91. The molecule has 21 heavy (non-hydrogen) atoms. The predicted octanol–water partition coefficient (Wildman–Crippen LogP) is 5.45. The molecule has 0 aromatic heterocycles. The summed E-state index contributed by atoms with van der Waals surface area (Å²) in [4.78, 5) is 2.21. The van der Waals surface area contributed by atoms with E-state index in [1.54, 1.807) is 0 Å². The lowest BCUT2D eigenvalue weighted by Crippen LogP contribution is -2.22. The molecule has 1 rings (SSSR count). The smallest absolute Gasteiger partial charge is 0.142 e. The molecule has 0 unspecified atom stereocenters. The molecule has 1 aromatic rings. The molecule has 0 aliphatic rings. The minimum Gasteiger partial charge on any atom is -0.505 e. The molecule has 0 saturated carbocycles. The van der Waals surface area contributed by atoms with Crippen molar-refractivity contribution >= 4 is 5.69 Å². The molecule has 0 spiro atoms. The van der Waals surface area contributed by atoms with Crippen molar-refractivity contribution in [1.29, 1.82) is 0 Å². The van der Waals surface area contributed by atoms with Crippen LogP contribution >= 0.6 is 0 Å². The summed E-state index contributed by atoms with van der Waals surface area (Å²) in [6.45, 7) is 10.4. The Balaban J connectivity index is 2.59. The fraction of sp³-hybridized carbons (Fsp3) is 0.684. The summed E-state index contributed by atoms with van der Waals surface area (Å²) in [7, 11) is 0. The van der Waals surface area contributed by atoms with Gasteiger partial charge in [-0.2, -0.15) is 0 Å². The minimum atomic E-state index is 0.474. The van der Waals surface area contributed by atoms with E-state index in [9.17, 15) is 5.11 Å². The van der Waals surface area contributed by atoms with Crippen LogP contribution in [0.2, 0.25) is 0 Å². The number of phenols is 1. The van der Waals surface area contributed by atoms with E-state index in [4.69, 9.17) is 0 Å². The van der Waals surface area contributed by atoms with E-state index in [1.807, 2.05) is 0 Å². The quantitative estimate of drug-likeness (QED) is 0.579. The first-order chi connectivity index (χ1) is 10.2. The van der Waals surface area contributed by atoms with Crippen molar-refractivity contribution in [2.45, 2.75) is 72.6 Å². The Morgan fingerprint density at radius 1 is 0.905 bits per heavy atom. The van der Waals surface area contributed by atoms with Crippen LogP contribution in [0.15, 0.2) is 12.1 Å². The van der Waals surface area contributed by atoms with Crippen LogP contribution in [0.4, 0.5) is 5.69 Å². The van der Waals surface area contributed by atoms with E-state index in [0.29, 0.717) is 5.75 Å². The molecule has 0 aliphatic carbocycles. The molecular formula is C19H33NO. The SMILES string of the molecule is CCCCCCCCc1ccc(N(CC)CC)c(O)c1C. The fourth-order valence-corrected chi connectivity index (χ4v) is 2.91. The van der Waals surface area contributed by atoms with Crippen LogP contribution in [-0.4, -0.2) is 18.2 Å². The number of hydrogen-bond acceptors (Lipinski definition) is 2. The number of aryl methyl sites for hydroxylation is 1. The van der Waals surface area contributed by atoms with Gasteiger partial charge in [-0.15, -0.1) is 0 Å². The predicted molar refractivity (Wildman–Crippen MR) is 93.5 cm³/mol. The van der Waals surface area contributed by atoms with E-state index in [-0.39, 0.29) is 0 Å². The molecule has 0 aliphatic heterocycles. The molecule has 0 atom stereocenters. The zero-order valence-electron chi connectivity index (χ0n) is 14.4. The summed E-state index contributed by atoms with van der Waals surface area (Å²) in [6.07, 6.45) is 8.99. The third-order valence-corrected chi connectivity index (χ3v) is 4.43. The molecule has 0 saturated heterocycles. The highest BCUT2D eigenvalue weighted by molar-refractivity contribution is 5.62. The molecule has 0 bridgehead atoms. The summed E-state index contributed by atoms with van der Waals surface area (Å²) in [5, 5.41) is 10.4. The molecule has 0 fully saturated rings. The second-order valence-corrected chi connectivity index (χ2v) is 5.91. The van der Waals surface area contributed by atoms with Crippen LogP contribution in [0.1, 0.15) is 70.4 Å². The zero-order chi connectivity index (χ0) is 15.7. The van der Waals surface area contributed by atoms with Crippen LogP contribution in [0.5, 0.6) is 5.75 Å². The maximum atomic E-state index is 10.4. The molecule has 0 heterocycles. The average molecular weight is 291 g/mol. The van der Waals surface area contributed by atoms with Crippen molar-refractivity contribution in [2.75, 3.05) is 18.0 Å². The minimum absolute atomic E-state index is 0.474. The van der Waals surface area contributed by atoms with E-state index in [2.05, 4.69) is 44.7 Å². The molecular weight excluding hydrogens is 258 g/mol. The Bertz CT molecular complexity index is 410. The lowest BCUT2D eigenvalue weighted by atomic mass is 9.99. The maximum Gasteiger partial charge on any atom is 0.142 e. The topological polar surface area (TPSA) is 23.5 Å². The molecule has 2 heteroatoms. The fourth-order valence-electron chi connectivity index (χ4n) is 2.91. The first kappa shape index (κ1) is 17.9. The van der Waals surface area contributed by atoms with Crippen molar-refractivity contribution in [2.24, 2.45) is 0 Å². The summed E-state index contributed by atoms with van der Waals surface area (Å²) in [5.74, 6) is 0.474. The number of aromatic hydroxyl groups is 1. The van der Waals surface area contributed by atoms with E-state index in [0.717, 1.165) is 30.8 Å². The molecule has 1 N–H and O–H groups in total. The van der Waals surface area contributed by atoms with Crippen LogP contribution in [0.3, 0.4) is 0 Å². The molecule has 0 amide bonds. The highest BCUT2D eigenvalue weighted by atomic mass is 16.3. The molecule has 2 nitrogen and oxygen atoms in total. The first-order valence-electron chi connectivity index (χ1n) is 8.72. The van der Waals surface area contributed by atoms with E-state index >= 15 is 0 Å². The Morgan fingerprint density at radius 3 is 2.14 bits per heavy atom. The molecule has 1 aromatic carbocycles. The van der Waals surface area contributed by atoms with Gasteiger partial charge in [-0.3, -0.25) is 0 Å². The third-order valence-electron chi connectivity index (χ3n) is 4.43. The molecule has 0 radical (unpaired) electrons. The van der Waals surface area contributed by atoms with Crippen molar-refractivity contribution in [3.8, 4) is 5.75 Å². The summed E-state index contributed by atoms with van der Waals surface area (Å²) < 4.78 is 0. The Hall–Kier alpha value is -1.18. The summed E-state index contributed by atoms with van der Waals surface area (Å²) in [6, 6.07) is 4.29. The van der Waals surface area contributed by atoms with E-state index in [1.165, 1.54) is 44.1 Å². The number of nitrogens with zero attached hydrogens (tertiary/aromatic N) is 1. The van der Waals surface area contributed by atoms with Gasteiger partial charge in [-0.25, -0.2) is 0 Å². The third kappa shape index (κ3) is 5.26. The van der Waals surface area contributed by atoms with Gasteiger partial charge >= 0.3 is 0 Å². The van der Waals surface area contributed by atoms with Gasteiger partial charge in [-0.05, 0) is 50.8 Å². The number of anilines is 1. The Kier molecular flexibility index (Phi) is 8.26. The average Bonchev–Trinajstić information content (AvgIpc) is 2.50. The van der Waals surface area contributed by atoms with Crippen LogP contribution in [0.25, 0.3) is 0 Å². The Morgan fingerprint density at radius 2 is 1.52 bits per heavy atom. The van der Waals surface area contributed by atoms with Gasteiger partial charge in [0.05, 0.1) is 5.69 Å². The van der Waals surface area contributed by atoms with Gasteiger partial charge in [0.1, 0.15) is 5.75 Å². The Labute approximate surface area is 131 Å². The normalized spacial score (nSPS) is 10.9. The standard InChI is InChI=1S/C19H33NO/c1-5-8-9-10-11-12-13-17-14-15-18(19(21)16(17)4)20(6-2)7-3/h14-15,21H,5-13H2,1-4H3.